The van der Waals surface area contributed by atoms with Crippen molar-refractivity contribution in [2.24, 2.45) is 0 Å². The molecule has 5 heteroatoms. The summed E-state index contributed by atoms with van der Waals surface area (Å²) in [5.74, 6) is 0.795. The number of sulfonamides is 1. The number of benzene rings is 1. The molecule has 0 radical (unpaired) electrons. The Morgan fingerprint density at radius 3 is 2.65 bits per heavy atom. The van der Waals surface area contributed by atoms with Gasteiger partial charge in [0.1, 0.15) is 5.75 Å². The van der Waals surface area contributed by atoms with Gasteiger partial charge < -0.3 is 4.74 Å². The molecule has 0 aliphatic heterocycles. The van der Waals surface area contributed by atoms with Crippen LogP contribution in [-0.2, 0) is 10.0 Å². The molecule has 0 unspecified atom stereocenters. The Labute approximate surface area is 103 Å². The van der Waals surface area contributed by atoms with Gasteiger partial charge >= 0.3 is 0 Å². The highest BCUT2D eigenvalue weighted by Gasteiger charge is 2.11. The Morgan fingerprint density at radius 2 is 2.06 bits per heavy atom. The maximum Gasteiger partial charge on any atom is 0.232 e. The second-order valence-electron chi connectivity index (χ2n) is 3.96. The summed E-state index contributed by atoms with van der Waals surface area (Å²) in [6, 6.07) is 5.33. The molecule has 17 heavy (non-hydrogen) atoms. The van der Waals surface area contributed by atoms with Crippen molar-refractivity contribution in [3.63, 3.8) is 0 Å². The van der Waals surface area contributed by atoms with Gasteiger partial charge in [0, 0.05) is 6.07 Å². The van der Waals surface area contributed by atoms with Crippen LogP contribution in [-0.4, -0.2) is 21.3 Å². The Hall–Kier alpha value is -1.23. The molecule has 96 valence electrons. The lowest BCUT2D eigenvalue weighted by molar-refractivity contribution is 0.415. The lowest BCUT2D eigenvalue weighted by atomic mass is 10.2. The first-order valence-corrected chi connectivity index (χ1v) is 7.29. The van der Waals surface area contributed by atoms with Crippen molar-refractivity contribution in [2.45, 2.75) is 26.7 Å². The largest absolute Gasteiger partial charge is 0.497 e. The fourth-order valence-corrected chi connectivity index (χ4v) is 2.72. The average molecular weight is 257 g/mol. The molecule has 1 rings (SSSR count). The molecule has 1 N–H and O–H groups in total. The van der Waals surface area contributed by atoms with Gasteiger partial charge in [-0.15, -0.1) is 0 Å². The standard InChI is InChI=1S/C12H19NO3S/c1-4-5-8-17(14,15)13-12-9-11(16-3)7-6-10(12)2/h6-7,9,13H,4-5,8H2,1-3H3. The number of hydrogen-bond acceptors (Lipinski definition) is 3. The van der Waals surface area contributed by atoms with Crippen LogP contribution in [0.25, 0.3) is 0 Å². The molecule has 4 nitrogen and oxygen atoms in total. The fourth-order valence-electron chi connectivity index (χ4n) is 1.39. The summed E-state index contributed by atoms with van der Waals surface area (Å²) in [5.41, 5.74) is 1.46. The van der Waals surface area contributed by atoms with E-state index in [2.05, 4.69) is 4.72 Å². The summed E-state index contributed by atoms with van der Waals surface area (Å²) >= 11 is 0. The highest BCUT2D eigenvalue weighted by molar-refractivity contribution is 7.92. The first kappa shape index (κ1) is 13.8. The van der Waals surface area contributed by atoms with Gasteiger partial charge in [0.25, 0.3) is 0 Å². The van der Waals surface area contributed by atoms with Crippen molar-refractivity contribution in [1.29, 1.82) is 0 Å². The molecule has 0 saturated carbocycles. The Morgan fingerprint density at radius 1 is 1.35 bits per heavy atom. The fraction of sp³-hybridized carbons (Fsp3) is 0.500. The quantitative estimate of drug-likeness (QED) is 0.852. The summed E-state index contributed by atoms with van der Waals surface area (Å²) in [6.45, 7) is 3.82. The van der Waals surface area contributed by atoms with Crippen molar-refractivity contribution in [1.82, 2.24) is 0 Å². The molecule has 0 spiro atoms. The number of unbranched alkanes of at least 4 members (excludes halogenated alkanes) is 1. The van der Waals surface area contributed by atoms with Gasteiger partial charge in [-0.2, -0.15) is 0 Å². The molecule has 0 fully saturated rings. The zero-order valence-corrected chi connectivity index (χ0v) is 11.3. The summed E-state index contributed by atoms with van der Waals surface area (Å²) in [7, 11) is -1.69. The Bertz CT molecular complexity index is 469. The number of anilines is 1. The maximum absolute atomic E-state index is 11.8. The van der Waals surface area contributed by atoms with Gasteiger partial charge in [0.05, 0.1) is 18.6 Å². The third-order valence-corrected chi connectivity index (χ3v) is 3.83. The van der Waals surface area contributed by atoms with Crippen LogP contribution < -0.4 is 9.46 Å². The molecule has 0 aliphatic rings. The van der Waals surface area contributed by atoms with Crippen LogP contribution in [0, 0.1) is 6.92 Å². The molecule has 1 aromatic rings. The second kappa shape index (κ2) is 5.91. The highest BCUT2D eigenvalue weighted by atomic mass is 32.2. The van der Waals surface area contributed by atoms with Gasteiger partial charge in [0.15, 0.2) is 0 Å². The highest BCUT2D eigenvalue weighted by Crippen LogP contribution is 2.22. The lowest BCUT2D eigenvalue weighted by Crippen LogP contribution is -2.17. The maximum atomic E-state index is 11.8. The number of nitrogens with one attached hydrogen (secondary N) is 1. The second-order valence-corrected chi connectivity index (χ2v) is 5.80. The third-order valence-electron chi connectivity index (χ3n) is 2.48. The predicted molar refractivity (Wildman–Crippen MR) is 70.0 cm³/mol. The van der Waals surface area contributed by atoms with Crippen molar-refractivity contribution in [3.8, 4) is 5.75 Å². The Kier molecular flexibility index (Phi) is 4.81. The molecule has 0 saturated heterocycles. The molecule has 0 bridgehead atoms. The number of ether oxygens (including phenoxy) is 1. The van der Waals surface area contributed by atoms with Crippen molar-refractivity contribution in [2.75, 3.05) is 17.6 Å². The molecule has 0 amide bonds. The normalized spacial score (nSPS) is 11.2. The van der Waals surface area contributed by atoms with E-state index >= 15 is 0 Å². The topological polar surface area (TPSA) is 55.4 Å². The minimum absolute atomic E-state index is 0.153. The van der Waals surface area contributed by atoms with Crippen molar-refractivity contribution < 1.29 is 13.2 Å². The van der Waals surface area contributed by atoms with Gasteiger partial charge in [-0.05, 0) is 25.0 Å². The first-order valence-electron chi connectivity index (χ1n) is 5.63. The van der Waals surface area contributed by atoms with E-state index in [1.165, 1.54) is 0 Å². The lowest BCUT2D eigenvalue weighted by Gasteiger charge is -2.11. The van der Waals surface area contributed by atoms with E-state index < -0.39 is 10.0 Å². The monoisotopic (exact) mass is 257 g/mol. The first-order chi connectivity index (χ1) is 7.98. The summed E-state index contributed by atoms with van der Waals surface area (Å²) in [6.07, 6.45) is 1.52. The van der Waals surface area contributed by atoms with Crippen LogP contribution in [0.1, 0.15) is 25.3 Å². The smallest absolute Gasteiger partial charge is 0.232 e. The average Bonchev–Trinajstić information content (AvgIpc) is 2.29. The number of aryl methyl sites for hydroxylation is 1. The van der Waals surface area contributed by atoms with Gasteiger partial charge in [-0.1, -0.05) is 19.4 Å². The minimum Gasteiger partial charge on any atom is -0.497 e. The van der Waals surface area contributed by atoms with Crippen LogP contribution in [0.15, 0.2) is 18.2 Å². The van der Waals surface area contributed by atoms with E-state index in [1.54, 1.807) is 19.2 Å². The molecule has 1 aromatic carbocycles. The molecule has 0 aromatic heterocycles. The van der Waals surface area contributed by atoms with Crippen LogP contribution in [0.5, 0.6) is 5.75 Å². The number of methoxy groups -OCH3 is 1. The van der Waals surface area contributed by atoms with E-state index in [1.807, 2.05) is 19.9 Å². The van der Waals surface area contributed by atoms with Crippen LogP contribution in [0.4, 0.5) is 5.69 Å². The van der Waals surface area contributed by atoms with E-state index in [4.69, 9.17) is 4.74 Å². The molecular formula is C12H19NO3S. The molecular weight excluding hydrogens is 238 g/mol. The minimum atomic E-state index is -3.25. The molecule has 0 heterocycles. The zero-order chi connectivity index (χ0) is 12.9. The van der Waals surface area contributed by atoms with Gasteiger partial charge in [0.2, 0.25) is 10.0 Å². The van der Waals surface area contributed by atoms with Crippen LogP contribution in [0.2, 0.25) is 0 Å². The van der Waals surface area contributed by atoms with Crippen molar-refractivity contribution >= 4 is 15.7 Å². The Balaban J connectivity index is 2.87. The van der Waals surface area contributed by atoms with E-state index in [0.29, 0.717) is 17.9 Å². The number of hydrogen-bond donors (Lipinski definition) is 1. The SMILES string of the molecule is CCCCS(=O)(=O)Nc1cc(OC)ccc1C. The molecule has 0 aliphatic carbocycles. The summed E-state index contributed by atoms with van der Waals surface area (Å²) in [4.78, 5) is 0. The van der Waals surface area contributed by atoms with E-state index in [-0.39, 0.29) is 5.75 Å². The third kappa shape index (κ3) is 4.26. The van der Waals surface area contributed by atoms with Crippen molar-refractivity contribution in [3.05, 3.63) is 23.8 Å². The number of rotatable bonds is 6. The summed E-state index contributed by atoms with van der Waals surface area (Å²) < 4.78 is 31.2. The van der Waals surface area contributed by atoms with Crippen LogP contribution in [0.3, 0.4) is 0 Å². The van der Waals surface area contributed by atoms with Crippen LogP contribution >= 0.6 is 0 Å². The summed E-state index contributed by atoms with van der Waals surface area (Å²) in [5, 5.41) is 0. The molecule has 0 atom stereocenters. The van der Waals surface area contributed by atoms with E-state index in [9.17, 15) is 8.42 Å². The predicted octanol–water partition coefficient (Wildman–Crippen LogP) is 2.55. The van der Waals surface area contributed by atoms with E-state index in [0.717, 1.165) is 12.0 Å². The zero-order valence-electron chi connectivity index (χ0n) is 10.5. The van der Waals surface area contributed by atoms with Gasteiger partial charge in [-0.3, -0.25) is 4.72 Å². The van der Waals surface area contributed by atoms with Gasteiger partial charge in [-0.25, -0.2) is 8.42 Å².